The van der Waals surface area contributed by atoms with Gasteiger partial charge in [-0.2, -0.15) is 0 Å². The number of ether oxygens (including phenoxy) is 2. The van der Waals surface area contributed by atoms with Gasteiger partial charge in [0.05, 0.1) is 5.39 Å². The summed E-state index contributed by atoms with van der Waals surface area (Å²) >= 11 is 0. The first-order valence-electron chi connectivity index (χ1n) is 8.43. The molecule has 1 aromatic heterocycles. The van der Waals surface area contributed by atoms with Crippen LogP contribution < -0.4 is 25.7 Å². The normalized spacial score (nSPS) is 12.4. The second-order valence-corrected chi connectivity index (χ2v) is 5.93. The van der Waals surface area contributed by atoms with E-state index in [-0.39, 0.29) is 0 Å². The van der Waals surface area contributed by atoms with Crippen molar-refractivity contribution in [2.45, 2.75) is 6.54 Å². The zero-order valence-corrected chi connectivity index (χ0v) is 14.5. The van der Waals surface area contributed by atoms with E-state index in [1.54, 1.807) is 42.5 Å². The number of carbonyl (C=O) groups excluding carboxylic acids is 2. The van der Waals surface area contributed by atoms with E-state index in [9.17, 15) is 14.4 Å². The molecule has 0 atom stereocenters. The van der Waals surface area contributed by atoms with Gasteiger partial charge < -0.3 is 14.8 Å². The predicted octanol–water partition coefficient (Wildman–Crippen LogP) is 0.911. The maximum absolute atomic E-state index is 12.3. The van der Waals surface area contributed by atoms with Gasteiger partial charge in [0.2, 0.25) is 5.91 Å². The molecule has 0 saturated carbocycles. The number of amides is 3. The summed E-state index contributed by atoms with van der Waals surface area (Å²) in [6, 6.07) is 10.8. The number of anilines is 1. The summed E-state index contributed by atoms with van der Waals surface area (Å²) in [5, 5.41) is 12.6. The number of benzene rings is 2. The summed E-state index contributed by atoms with van der Waals surface area (Å²) < 4.78 is 11.7. The van der Waals surface area contributed by atoms with E-state index in [0.29, 0.717) is 41.3 Å². The molecule has 28 heavy (non-hydrogen) atoms. The average Bonchev–Trinajstić information content (AvgIpc) is 2.70. The number of rotatable bonds is 3. The first-order valence-corrected chi connectivity index (χ1v) is 8.43. The first kappa shape index (κ1) is 17.5. The summed E-state index contributed by atoms with van der Waals surface area (Å²) in [5.74, 6) is 0.387. The highest BCUT2D eigenvalue weighted by atomic mass is 16.6. The van der Waals surface area contributed by atoms with Crippen LogP contribution in [0, 0.1) is 0 Å². The summed E-state index contributed by atoms with van der Waals surface area (Å²) in [6.45, 7) is 0.444. The van der Waals surface area contributed by atoms with Crippen molar-refractivity contribution < 1.29 is 19.1 Å². The van der Waals surface area contributed by atoms with E-state index in [1.165, 1.54) is 0 Å². The van der Waals surface area contributed by atoms with Crippen LogP contribution >= 0.6 is 0 Å². The molecule has 0 bridgehead atoms. The highest BCUT2D eigenvalue weighted by Gasteiger charge is 2.15. The number of urea groups is 1. The van der Waals surface area contributed by atoms with Crippen molar-refractivity contribution in [2.75, 3.05) is 18.5 Å². The van der Waals surface area contributed by atoms with Crippen LogP contribution in [0.15, 0.2) is 47.3 Å². The highest BCUT2D eigenvalue weighted by molar-refractivity contribution is 6.01. The van der Waals surface area contributed by atoms with Crippen molar-refractivity contribution >= 4 is 28.5 Å². The monoisotopic (exact) mass is 381 g/mol. The largest absolute Gasteiger partial charge is 0.486 e. The molecule has 2 N–H and O–H groups in total. The Kier molecular flexibility index (Phi) is 4.58. The topological polar surface area (TPSA) is 124 Å². The maximum Gasteiger partial charge on any atom is 0.325 e. The minimum absolute atomic E-state index is 0.339. The Hall–Kier alpha value is -3.95. The lowest BCUT2D eigenvalue weighted by atomic mass is 10.2. The van der Waals surface area contributed by atoms with Crippen molar-refractivity contribution in [2.24, 2.45) is 0 Å². The molecule has 142 valence electrons. The third-order valence-corrected chi connectivity index (χ3v) is 3.98. The fraction of sp³-hybridized carbons (Fsp3) is 0.167. The van der Waals surface area contributed by atoms with E-state index in [2.05, 4.69) is 20.9 Å². The molecule has 3 aromatic rings. The SMILES string of the molecule is O=C(Cn1nnc2ccccc2c1=O)NC(=O)Nc1ccc2c(c1)OCCO2. The van der Waals surface area contributed by atoms with Gasteiger partial charge >= 0.3 is 6.03 Å². The minimum atomic E-state index is -0.747. The zero-order chi connectivity index (χ0) is 19.5. The standard InChI is InChI=1S/C18H15N5O5/c24-16(10-23-17(25)12-3-1-2-4-13(12)21-22-23)20-18(26)19-11-5-6-14-15(9-11)28-8-7-27-14/h1-6,9H,7-8,10H2,(H2,19,20,24,26). The van der Waals surface area contributed by atoms with Gasteiger partial charge in [-0.25, -0.2) is 9.48 Å². The van der Waals surface area contributed by atoms with Gasteiger partial charge in [0.1, 0.15) is 25.3 Å². The molecule has 3 amide bonds. The Morgan fingerprint density at radius 3 is 2.71 bits per heavy atom. The van der Waals surface area contributed by atoms with Gasteiger partial charge in [0, 0.05) is 11.8 Å². The van der Waals surface area contributed by atoms with Gasteiger partial charge in [0.25, 0.3) is 5.56 Å². The lowest BCUT2D eigenvalue weighted by Gasteiger charge is -2.19. The van der Waals surface area contributed by atoms with E-state index >= 15 is 0 Å². The quantitative estimate of drug-likeness (QED) is 0.691. The molecule has 0 radical (unpaired) electrons. The van der Waals surface area contributed by atoms with E-state index < -0.39 is 24.0 Å². The number of hydrogen-bond donors (Lipinski definition) is 2. The number of nitrogens with zero attached hydrogens (tertiary/aromatic N) is 3. The second kappa shape index (κ2) is 7.35. The molecule has 0 unspecified atom stereocenters. The molecular formula is C18H15N5O5. The Morgan fingerprint density at radius 2 is 1.86 bits per heavy atom. The van der Waals surface area contributed by atoms with E-state index in [1.807, 2.05) is 0 Å². The molecule has 10 heteroatoms. The molecule has 0 aliphatic carbocycles. The third kappa shape index (κ3) is 3.61. The van der Waals surface area contributed by atoms with Crippen molar-refractivity contribution in [3.05, 3.63) is 52.8 Å². The van der Waals surface area contributed by atoms with Crippen LogP contribution in [0.3, 0.4) is 0 Å². The van der Waals surface area contributed by atoms with Crippen LogP contribution in [0.4, 0.5) is 10.5 Å². The smallest absolute Gasteiger partial charge is 0.325 e. The number of carbonyl (C=O) groups is 2. The summed E-state index contributed by atoms with van der Waals surface area (Å²) in [5.41, 5.74) is 0.394. The van der Waals surface area contributed by atoms with E-state index in [4.69, 9.17) is 9.47 Å². The average molecular weight is 381 g/mol. The van der Waals surface area contributed by atoms with Crippen LogP contribution in [-0.2, 0) is 11.3 Å². The molecule has 2 heterocycles. The molecule has 4 rings (SSSR count). The van der Waals surface area contributed by atoms with Gasteiger partial charge in [-0.05, 0) is 24.3 Å². The fourth-order valence-electron chi connectivity index (χ4n) is 2.71. The van der Waals surface area contributed by atoms with Crippen LogP contribution in [0.25, 0.3) is 10.9 Å². The van der Waals surface area contributed by atoms with Crippen LogP contribution in [0.1, 0.15) is 0 Å². The van der Waals surface area contributed by atoms with Crippen molar-refractivity contribution in [3.63, 3.8) is 0 Å². The molecular weight excluding hydrogens is 366 g/mol. The zero-order valence-electron chi connectivity index (χ0n) is 14.5. The number of fused-ring (bicyclic) bond motifs is 2. The molecule has 0 spiro atoms. The molecule has 10 nitrogen and oxygen atoms in total. The Morgan fingerprint density at radius 1 is 1.07 bits per heavy atom. The van der Waals surface area contributed by atoms with Crippen molar-refractivity contribution in [3.8, 4) is 11.5 Å². The molecule has 2 aromatic carbocycles. The minimum Gasteiger partial charge on any atom is -0.486 e. The molecule has 0 fully saturated rings. The third-order valence-electron chi connectivity index (χ3n) is 3.98. The van der Waals surface area contributed by atoms with Gasteiger partial charge in [-0.15, -0.1) is 5.10 Å². The van der Waals surface area contributed by atoms with Crippen molar-refractivity contribution in [1.29, 1.82) is 0 Å². The summed E-state index contributed by atoms with van der Waals surface area (Å²) in [7, 11) is 0. The lowest BCUT2D eigenvalue weighted by molar-refractivity contribution is -0.120. The first-order chi connectivity index (χ1) is 13.6. The predicted molar refractivity (Wildman–Crippen MR) is 98.4 cm³/mol. The number of imide groups is 1. The van der Waals surface area contributed by atoms with Crippen LogP contribution in [0.2, 0.25) is 0 Å². The summed E-state index contributed by atoms with van der Waals surface area (Å²) in [6.07, 6.45) is 0. The van der Waals surface area contributed by atoms with Crippen molar-refractivity contribution in [1.82, 2.24) is 20.3 Å². The van der Waals surface area contributed by atoms with Crippen LogP contribution in [0.5, 0.6) is 11.5 Å². The maximum atomic E-state index is 12.3. The van der Waals surface area contributed by atoms with Gasteiger partial charge in [-0.1, -0.05) is 17.3 Å². The number of aromatic nitrogens is 3. The summed E-state index contributed by atoms with van der Waals surface area (Å²) in [4.78, 5) is 36.5. The second-order valence-electron chi connectivity index (χ2n) is 5.93. The Balaban J connectivity index is 1.40. The number of nitrogens with one attached hydrogen (secondary N) is 2. The lowest BCUT2D eigenvalue weighted by Crippen LogP contribution is -2.39. The molecule has 1 aliphatic rings. The molecule has 1 aliphatic heterocycles. The van der Waals surface area contributed by atoms with Gasteiger partial charge in [0.15, 0.2) is 11.5 Å². The van der Waals surface area contributed by atoms with E-state index in [0.717, 1.165) is 4.68 Å². The Labute approximate surface area is 158 Å². The fourth-order valence-corrected chi connectivity index (χ4v) is 2.71. The number of hydrogen-bond acceptors (Lipinski definition) is 7. The van der Waals surface area contributed by atoms with Gasteiger partial charge in [-0.3, -0.25) is 14.9 Å². The highest BCUT2D eigenvalue weighted by Crippen LogP contribution is 2.32. The van der Waals surface area contributed by atoms with Crippen LogP contribution in [-0.4, -0.2) is 40.1 Å². The molecule has 0 saturated heterocycles. The Bertz CT molecular complexity index is 1130.